The summed E-state index contributed by atoms with van der Waals surface area (Å²) in [6.07, 6.45) is 5.33. The maximum atomic E-state index is 12.3. The molecule has 20 heavy (non-hydrogen) atoms. The number of benzene rings is 1. The van der Waals surface area contributed by atoms with Crippen molar-refractivity contribution in [1.29, 1.82) is 0 Å². The number of hydrogen-bond acceptors (Lipinski definition) is 1. The molecule has 0 saturated carbocycles. The fraction of sp³-hybridized carbons (Fsp3) is 0.375. The zero-order chi connectivity index (χ0) is 15.2. The minimum Gasteiger partial charge on any atom is -0.242 e. The van der Waals surface area contributed by atoms with Crippen molar-refractivity contribution < 1.29 is 4.21 Å². The third-order valence-electron chi connectivity index (χ3n) is 2.34. The van der Waals surface area contributed by atoms with Crippen LogP contribution in [-0.4, -0.2) is 26.4 Å². The van der Waals surface area contributed by atoms with Crippen molar-refractivity contribution >= 4 is 26.9 Å². The Morgan fingerprint density at radius 1 is 1.35 bits per heavy atom. The van der Waals surface area contributed by atoms with Crippen LogP contribution in [0.5, 0.6) is 0 Å². The zero-order valence-electron chi connectivity index (χ0n) is 11.9. The quantitative estimate of drug-likeness (QED) is 0.765. The molecule has 1 rings (SSSR count). The van der Waals surface area contributed by atoms with E-state index in [9.17, 15) is 4.21 Å². The molecular formula is C16H18BrNOS. The standard InChI is InChI=1S/C16H18BrNOS/c1-5-11-18(20(19)16(2,3)4)12-7-9-14-8-6-10-15(17)13-14/h1,6,8,10,13H,11-12H2,2-4H3/t20-/m1/s1. The van der Waals surface area contributed by atoms with Crippen LogP contribution in [0.4, 0.5) is 0 Å². The number of terminal acetylenes is 1. The molecule has 0 N–H and O–H groups in total. The number of halogens is 1. The molecule has 0 fully saturated rings. The minimum absolute atomic E-state index is 0.330. The van der Waals surface area contributed by atoms with E-state index >= 15 is 0 Å². The lowest BCUT2D eigenvalue weighted by molar-refractivity contribution is 0.518. The van der Waals surface area contributed by atoms with Crippen LogP contribution >= 0.6 is 15.9 Å². The van der Waals surface area contributed by atoms with E-state index < -0.39 is 11.0 Å². The van der Waals surface area contributed by atoms with E-state index in [2.05, 4.69) is 33.7 Å². The Morgan fingerprint density at radius 3 is 2.60 bits per heavy atom. The van der Waals surface area contributed by atoms with E-state index in [4.69, 9.17) is 6.42 Å². The Balaban J connectivity index is 2.79. The van der Waals surface area contributed by atoms with E-state index in [1.807, 2.05) is 45.0 Å². The summed E-state index contributed by atoms with van der Waals surface area (Å²) in [6.45, 7) is 6.49. The normalized spacial score (nSPS) is 12.4. The lowest BCUT2D eigenvalue weighted by Crippen LogP contribution is -2.38. The van der Waals surface area contributed by atoms with Gasteiger partial charge in [-0.25, -0.2) is 8.51 Å². The van der Waals surface area contributed by atoms with E-state index in [0.29, 0.717) is 13.1 Å². The Morgan fingerprint density at radius 2 is 2.05 bits per heavy atom. The Hall–Kier alpha value is -1.07. The molecule has 2 nitrogen and oxygen atoms in total. The highest BCUT2D eigenvalue weighted by Crippen LogP contribution is 2.15. The van der Waals surface area contributed by atoms with Gasteiger partial charge in [-0.2, -0.15) is 0 Å². The molecule has 0 aliphatic rings. The van der Waals surface area contributed by atoms with Crippen LogP contribution in [-0.2, 0) is 11.0 Å². The molecule has 0 radical (unpaired) electrons. The van der Waals surface area contributed by atoms with Gasteiger partial charge >= 0.3 is 0 Å². The maximum Gasteiger partial charge on any atom is 0.102 e. The van der Waals surface area contributed by atoms with E-state index in [0.717, 1.165) is 10.0 Å². The third-order valence-corrected chi connectivity index (χ3v) is 4.61. The first kappa shape index (κ1) is 17.0. The van der Waals surface area contributed by atoms with Crippen molar-refractivity contribution in [2.45, 2.75) is 25.5 Å². The van der Waals surface area contributed by atoms with Gasteiger partial charge in [-0.1, -0.05) is 39.8 Å². The van der Waals surface area contributed by atoms with E-state index in [1.165, 1.54) is 0 Å². The van der Waals surface area contributed by atoms with E-state index in [-0.39, 0.29) is 4.75 Å². The molecule has 1 aromatic carbocycles. The molecule has 0 amide bonds. The van der Waals surface area contributed by atoms with Crippen molar-refractivity contribution in [3.05, 3.63) is 34.3 Å². The van der Waals surface area contributed by atoms with Gasteiger partial charge in [0.05, 0.1) is 17.8 Å². The average molecular weight is 352 g/mol. The maximum absolute atomic E-state index is 12.3. The van der Waals surface area contributed by atoms with Gasteiger partial charge in [0.1, 0.15) is 11.0 Å². The van der Waals surface area contributed by atoms with Gasteiger partial charge in [0.15, 0.2) is 0 Å². The Kier molecular flexibility index (Phi) is 6.49. The monoisotopic (exact) mass is 351 g/mol. The fourth-order valence-corrected chi connectivity index (χ4v) is 3.01. The molecule has 0 aliphatic heterocycles. The van der Waals surface area contributed by atoms with Gasteiger partial charge in [0, 0.05) is 10.0 Å². The molecule has 0 heterocycles. The predicted octanol–water partition coefficient (Wildman–Crippen LogP) is 3.20. The van der Waals surface area contributed by atoms with Crippen LogP contribution in [0.25, 0.3) is 0 Å². The van der Waals surface area contributed by atoms with Crippen molar-refractivity contribution in [3.8, 4) is 24.2 Å². The second-order valence-electron chi connectivity index (χ2n) is 5.18. The average Bonchev–Trinajstić information content (AvgIpc) is 2.36. The van der Waals surface area contributed by atoms with Crippen LogP contribution < -0.4 is 0 Å². The largest absolute Gasteiger partial charge is 0.242 e. The smallest absolute Gasteiger partial charge is 0.102 e. The van der Waals surface area contributed by atoms with Crippen LogP contribution in [0.1, 0.15) is 26.3 Å². The fourth-order valence-electron chi connectivity index (χ4n) is 1.46. The van der Waals surface area contributed by atoms with Gasteiger partial charge in [-0.15, -0.1) is 6.42 Å². The van der Waals surface area contributed by atoms with Gasteiger partial charge < -0.3 is 0 Å². The van der Waals surface area contributed by atoms with Crippen molar-refractivity contribution in [1.82, 2.24) is 4.31 Å². The lowest BCUT2D eigenvalue weighted by atomic mass is 10.2. The highest BCUT2D eigenvalue weighted by Gasteiger charge is 2.25. The first-order valence-corrected chi connectivity index (χ1v) is 8.09. The Labute approximate surface area is 132 Å². The molecule has 0 bridgehead atoms. The van der Waals surface area contributed by atoms with Crippen molar-refractivity contribution in [2.75, 3.05) is 13.1 Å². The second-order valence-corrected chi connectivity index (χ2v) is 8.33. The minimum atomic E-state index is -1.16. The third kappa shape index (κ3) is 5.51. The Bertz CT molecular complexity index is 587. The topological polar surface area (TPSA) is 20.3 Å². The van der Waals surface area contributed by atoms with Crippen molar-refractivity contribution in [3.63, 3.8) is 0 Å². The summed E-state index contributed by atoms with van der Waals surface area (Å²) in [7, 11) is -1.16. The summed E-state index contributed by atoms with van der Waals surface area (Å²) in [6, 6.07) is 7.76. The van der Waals surface area contributed by atoms with Gasteiger partial charge in [0.25, 0.3) is 0 Å². The van der Waals surface area contributed by atoms with Gasteiger partial charge in [-0.05, 0) is 39.0 Å². The number of nitrogens with zero attached hydrogens (tertiary/aromatic N) is 1. The molecule has 0 saturated heterocycles. The summed E-state index contributed by atoms with van der Waals surface area (Å²) in [4.78, 5) is 0. The van der Waals surface area contributed by atoms with E-state index in [1.54, 1.807) is 4.31 Å². The molecule has 0 unspecified atom stereocenters. The summed E-state index contributed by atoms with van der Waals surface area (Å²) < 4.78 is 14.7. The molecule has 106 valence electrons. The first-order valence-electron chi connectivity index (χ1n) is 6.19. The predicted molar refractivity (Wildman–Crippen MR) is 89.3 cm³/mol. The summed E-state index contributed by atoms with van der Waals surface area (Å²) in [5, 5.41) is 0. The highest BCUT2D eigenvalue weighted by molar-refractivity contribution is 9.10. The van der Waals surface area contributed by atoms with Crippen LogP contribution in [0, 0.1) is 24.2 Å². The summed E-state index contributed by atoms with van der Waals surface area (Å²) in [5.74, 6) is 8.63. The van der Waals surface area contributed by atoms with Crippen molar-refractivity contribution in [2.24, 2.45) is 0 Å². The molecule has 4 heteroatoms. The zero-order valence-corrected chi connectivity index (χ0v) is 14.3. The molecular weight excluding hydrogens is 334 g/mol. The lowest BCUT2D eigenvalue weighted by Gasteiger charge is -2.25. The first-order chi connectivity index (χ1) is 9.34. The van der Waals surface area contributed by atoms with Crippen LogP contribution in [0.3, 0.4) is 0 Å². The molecule has 0 spiro atoms. The SMILES string of the molecule is C#CCN(CC#Cc1cccc(Br)c1)[S@](=O)C(C)(C)C. The van der Waals surface area contributed by atoms with Gasteiger partial charge in [0.2, 0.25) is 0 Å². The highest BCUT2D eigenvalue weighted by atomic mass is 79.9. The molecule has 1 atom stereocenters. The second kappa shape index (κ2) is 7.64. The molecule has 0 aromatic heterocycles. The number of hydrogen-bond donors (Lipinski definition) is 0. The number of rotatable bonds is 3. The van der Waals surface area contributed by atoms with Crippen LogP contribution in [0.15, 0.2) is 28.7 Å². The molecule has 0 aliphatic carbocycles. The summed E-state index contributed by atoms with van der Waals surface area (Å²) in [5.41, 5.74) is 0.918. The van der Waals surface area contributed by atoms with Gasteiger partial charge in [-0.3, -0.25) is 0 Å². The van der Waals surface area contributed by atoms with Crippen LogP contribution in [0.2, 0.25) is 0 Å². The molecule has 1 aromatic rings. The summed E-state index contributed by atoms with van der Waals surface area (Å²) >= 11 is 3.40.